The van der Waals surface area contributed by atoms with Gasteiger partial charge in [0.25, 0.3) is 5.69 Å². The Hall–Kier alpha value is -1.66. The fraction of sp³-hybridized carbons (Fsp3) is 0.571. The number of phenols is 1. The third-order valence-electron chi connectivity index (χ3n) is 2.94. The van der Waals surface area contributed by atoms with Crippen LogP contribution in [0.4, 0.5) is 5.69 Å². The monoisotopic (exact) mass is 281 g/mol. The van der Waals surface area contributed by atoms with Gasteiger partial charge >= 0.3 is 0 Å². The first-order valence-electron chi connectivity index (χ1n) is 6.53. The molecule has 0 heterocycles. The van der Waals surface area contributed by atoms with Crippen molar-refractivity contribution in [1.29, 1.82) is 0 Å². The zero-order valence-corrected chi connectivity index (χ0v) is 12.5. The van der Waals surface area contributed by atoms with E-state index in [1.165, 1.54) is 18.2 Å². The minimum atomic E-state index is -0.459. The lowest BCUT2D eigenvalue weighted by atomic mass is 9.93. The van der Waals surface area contributed by atoms with Crippen LogP contribution in [0.1, 0.15) is 19.4 Å². The number of nitrogens with one attached hydrogen (secondary N) is 1. The molecule has 0 aromatic heterocycles. The summed E-state index contributed by atoms with van der Waals surface area (Å²) in [5.74, 6) is 0.0773. The van der Waals surface area contributed by atoms with Gasteiger partial charge in [-0.2, -0.15) is 0 Å². The molecule has 0 unspecified atom stereocenters. The van der Waals surface area contributed by atoms with Gasteiger partial charge in [-0.1, -0.05) is 13.8 Å². The molecule has 1 aromatic rings. The van der Waals surface area contributed by atoms with Crippen molar-refractivity contribution in [3.63, 3.8) is 0 Å². The number of nitro groups is 1. The topological polar surface area (TPSA) is 78.6 Å². The van der Waals surface area contributed by atoms with E-state index in [2.05, 4.69) is 24.1 Å². The maximum atomic E-state index is 10.7. The van der Waals surface area contributed by atoms with E-state index in [1.54, 1.807) is 0 Å². The summed E-state index contributed by atoms with van der Waals surface area (Å²) in [6.07, 6.45) is 0. The molecule has 20 heavy (non-hydrogen) atoms. The average Bonchev–Trinajstić information content (AvgIpc) is 2.29. The quantitative estimate of drug-likeness (QED) is 0.590. The number of nitrogens with zero attached hydrogens (tertiary/aromatic N) is 2. The number of rotatable bonds is 7. The van der Waals surface area contributed by atoms with Gasteiger partial charge in [0.05, 0.1) is 4.92 Å². The van der Waals surface area contributed by atoms with Gasteiger partial charge in [-0.05, 0) is 25.6 Å². The van der Waals surface area contributed by atoms with E-state index in [9.17, 15) is 15.2 Å². The zero-order chi connectivity index (χ0) is 15.3. The molecule has 0 saturated heterocycles. The molecular weight excluding hydrogens is 258 g/mol. The Morgan fingerprint density at radius 3 is 2.60 bits per heavy atom. The molecule has 6 nitrogen and oxygen atoms in total. The maximum Gasteiger partial charge on any atom is 0.270 e. The van der Waals surface area contributed by atoms with Crippen molar-refractivity contribution in [3.8, 4) is 5.75 Å². The first-order valence-corrected chi connectivity index (χ1v) is 6.53. The van der Waals surface area contributed by atoms with Gasteiger partial charge in [0.2, 0.25) is 0 Å². The molecule has 0 bridgehead atoms. The van der Waals surface area contributed by atoms with Crippen molar-refractivity contribution in [2.75, 3.05) is 27.2 Å². The van der Waals surface area contributed by atoms with Crippen LogP contribution in [0.3, 0.4) is 0 Å². The Bertz CT molecular complexity index is 473. The minimum absolute atomic E-state index is 0.00727. The SMILES string of the molecule is CN(C)CC(C)(C)CNCc1cc([N+](=O)[O-])ccc1O. The van der Waals surface area contributed by atoms with E-state index >= 15 is 0 Å². The van der Waals surface area contributed by atoms with Gasteiger partial charge in [0.1, 0.15) is 5.75 Å². The highest BCUT2D eigenvalue weighted by atomic mass is 16.6. The van der Waals surface area contributed by atoms with Crippen LogP contribution in [-0.2, 0) is 6.54 Å². The molecule has 112 valence electrons. The zero-order valence-electron chi connectivity index (χ0n) is 12.5. The first kappa shape index (κ1) is 16.4. The molecule has 2 N–H and O–H groups in total. The lowest BCUT2D eigenvalue weighted by Crippen LogP contribution is -2.37. The number of hydrogen-bond acceptors (Lipinski definition) is 5. The van der Waals surface area contributed by atoms with Crippen molar-refractivity contribution in [2.24, 2.45) is 5.41 Å². The molecule has 0 radical (unpaired) electrons. The van der Waals surface area contributed by atoms with Crippen LogP contribution >= 0.6 is 0 Å². The fourth-order valence-electron chi connectivity index (χ4n) is 2.27. The molecule has 0 saturated carbocycles. The highest BCUT2D eigenvalue weighted by molar-refractivity contribution is 5.42. The van der Waals surface area contributed by atoms with Crippen molar-refractivity contribution in [1.82, 2.24) is 10.2 Å². The molecule has 0 spiro atoms. The van der Waals surface area contributed by atoms with E-state index < -0.39 is 4.92 Å². The van der Waals surface area contributed by atoms with E-state index in [0.29, 0.717) is 12.1 Å². The molecule has 1 aromatic carbocycles. The predicted octanol–water partition coefficient (Wildman–Crippen LogP) is 1.98. The summed E-state index contributed by atoms with van der Waals surface area (Å²) >= 11 is 0. The van der Waals surface area contributed by atoms with Gasteiger partial charge in [-0.15, -0.1) is 0 Å². The van der Waals surface area contributed by atoms with Crippen LogP contribution < -0.4 is 5.32 Å². The highest BCUT2D eigenvalue weighted by Gasteiger charge is 2.18. The largest absolute Gasteiger partial charge is 0.508 e. The van der Waals surface area contributed by atoms with Crippen molar-refractivity contribution in [2.45, 2.75) is 20.4 Å². The number of phenolic OH excluding ortho intramolecular Hbond substituents is 1. The van der Waals surface area contributed by atoms with Crippen LogP contribution in [0.5, 0.6) is 5.75 Å². The normalized spacial score (nSPS) is 11.8. The summed E-state index contributed by atoms with van der Waals surface area (Å²) in [6.45, 7) is 6.39. The molecule has 6 heteroatoms. The van der Waals surface area contributed by atoms with Crippen molar-refractivity contribution < 1.29 is 10.0 Å². The Labute approximate surface area is 119 Å². The maximum absolute atomic E-state index is 10.7. The summed E-state index contributed by atoms with van der Waals surface area (Å²) in [6, 6.07) is 4.07. The fourth-order valence-corrected chi connectivity index (χ4v) is 2.27. The van der Waals surface area contributed by atoms with E-state index in [1.807, 2.05) is 14.1 Å². The van der Waals surface area contributed by atoms with E-state index in [-0.39, 0.29) is 16.9 Å². The van der Waals surface area contributed by atoms with Gasteiger partial charge in [0, 0.05) is 37.3 Å². The Kier molecular flexibility index (Phi) is 5.47. The summed E-state index contributed by atoms with van der Waals surface area (Å²) < 4.78 is 0. The van der Waals surface area contributed by atoms with Gasteiger partial charge in [-0.25, -0.2) is 0 Å². The second kappa shape index (κ2) is 6.67. The van der Waals surface area contributed by atoms with E-state index in [4.69, 9.17) is 0 Å². The standard InChI is InChI=1S/C14H23N3O3/c1-14(2,10-16(3)4)9-15-8-11-7-12(17(19)20)5-6-13(11)18/h5-7,15,18H,8-10H2,1-4H3. The second-order valence-corrected chi connectivity index (χ2v) is 6.08. The summed E-state index contributed by atoms with van der Waals surface area (Å²) in [7, 11) is 4.04. The van der Waals surface area contributed by atoms with Crippen LogP contribution in [0.2, 0.25) is 0 Å². The molecule has 1 rings (SSSR count). The number of hydrogen-bond donors (Lipinski definition) is 2. The van der Waals surface area contributed by atoms with Gasteiger partial charge < -0.3 is 15.3 Å². The minimum Gasteiger partial charge on any atom is -0.508 e. The van der Waals surface area contributed by atoms with Crippen molar-refractivity contribution >= 4 is 5.69 Å². The number of benzene rings is 1. The Balaban J connectivity index is 2.62. The molecular formula is C14H23N3O3. The van der Waals surface area contributed by atoms with Crippen LogP contribution in [0, 0.1) is 15.5 Å². The summed E-state index contributed by atoms with van der Waals surface area (Å²) in [5.41, 5.74) is 0.617. The third kappa shape index (κ3) is 5.14. The van der Waals surface area contributed by atoms with Crippen LogP contribution in [0.15, 0.2) is 18.2 Å². The van der Waals surface area contributed by atoms with E-state index in [0.717, 1.165) is 13.1 Å². The van der Waals surface area contributed by atoms with Gasteiger partial charge in [-0.3, -0.25) is 10.1 Å². The third-order valence-corrected chi connectivity index (χ3v) is 2.94. The second-order valence-electron chi connectivity index (χ2n) is 6.08. The average molecular weight is 281 g/mol. The van der Waals surface area contributed by atoms with Crippen LogP contribution in [0.25, 0.3) is 0 Å². The summed E-state index contributed by atoms with van der Waals surface area (Å²) in [4.78, 5) is 12.4. The first-order chi connectivity index (χ1) is 9.21. The lowest BCUT2D eigenvalue weighted by Gasteiger charge is -2.28. The molecule has 0 aliphatic heterocycles. The number of aromatic hydroxyl groups is 1. The number of non-ortho nitro benzene ring substituents is 1. The molecule has 0 aliphatic rings. The van der Waals surface area contributed by atoms with Gasteiger partial charge in [0.15, 0.2) is 0 Å². The molecule has 0 aliphatic carbocycles. The molecule has 0 atom stereocenters. The van der Waals surface area contributed by atoms with Crippen LogP contribution in [-0.4, -0.2) is 42.1 Å². The lowest BCUT2D eigenvalue weighted by molar-refractivity contribution is -0.384. The Morgan fingerprint density at radius 2 is 2.05 bits per heavy atom. The smallest absolute Gasteiger partial charge is 0.270 e. The summed E-state index contributed by atoms with van der Waals surface area (Å²) in [5, 5.41) is 23.7. The Morgan fingerprint density at radius 1 is 1.40 bits per heavy atom. The number of nitro benzene ring substituents is 1. The van der Waals surface area contributed by atoms with Crippen molar-refractivity contribution in [3.05, 3.63) is 33.9 Å². The predicted molar refractivity (Wildman–Crippen MR) is 78.8 cm³/mol. The highest BCUT2D eigenvalue weighted by Crippen LogP contribution is 2.23. The molecule has 0 amide bonds. The molecule has 0 fully saturated rings.